The van der Waals surface area contributed by atoms with Gasteiger partial charge in [0.2, 0.25) is 5.91 Å². The molecule has 0 spiro atoms. The van der Waals surface area contributed by atoms with Crippen molar-refractivity contribution in [1.29, 1.82) is 0 Å². The van der Waals surface area contributed by atoms with Crippen molar-refractivity contribution in [2.24, 2.45) is 5.73 Å². The number of hydrogen-bond acceptors (Lipinski definition) is 3. The Labute approximate surface area is 113 Å². The predicted octanol–water partition coefficient (Wildman–Crippen LogP) is 3.08. The van der Waals surface area contributed by atoms with Crippen LogP contribution < -0.4 is 15.2 Å². The number of carbonyl (C=O) groups excluding carboxylic acids is 1. The average molecular weight is 261 g/mol. The van der Waals surface area contributed by atoms with E-state index >= 15 is 0 Å². The van der Waals surface area contributed by atoms with E-state index in [-0.39, 0.29) is 11.8 Å². The maximum atomic E-state index is 11.0. The molecule has 4 heteroatoms. The molecule has 0 aromatic heterocycles. The van der Waals surface area contributed by atoms with Crippen LogP contribution in [0, 0.1) is 0 Å². The average Bonchev–Trinajstić information content (AvgIpc) is 2.43. The van der Waals surface area contributed by atoms with Crippen molar-refractivity contribution in [2.75, 3.05) is 0 Å². The van der Waals surface area contributed by atoms with E-state index < -0.39 is 0 Å². The maximum absolute atomic E-state index is 11.0. The summed E-state index contributed by atoms with van der Waals surface area (Å²) in [5.74, 6) is 1.48. The van der Waals surface area contributed by atoms with Crippen molar-refractivity contribution in [2.45, 2.75) is 38.5 Å². The van der Waals surface area contributed by atoms with Crippen LogP contribution in [0.3, 0.4) is 0 Å². The molecule has 0 bridgehead atoms. The van der Waals surface area contributed by atoms with Gasteiger partial charge < -0.3 is 15.2 Å². The molecule has 4 nitrogen and oxygen atoms in total. The molecule has 1 aromatic carbocycles. The monoisotopic (exact) mass is 261 g/mol. The molecule has 1 aromatic rings. The lowest BCUT2D eigenvalue weighted by Gasteiger charge is -2.22. The van der Waals surface area contributed by atoms with Crippen LogP contribution in [0.1, 0.15) is 44.1 Å². The van der Waals surface area contributed by atoms with E-state index in [2.05, 4.69) is 6.92 Å². The normalized spacial score (nSPS) is 14.2. The number of benzene rings is 1. The molecule has 19 heavy (non-hydrogen) atoms. The first-order chi connectivity index (χ1) is 9.22. The maximum Gasteiger partial charge on any atom is 0.217 e. The van der Waals surface area contributed by atoms with Gasteiger partial charge in [-0.3, -0.25) is 4.79 Å². The minimum Gasteiger partial charge on any atom is -0.458 e. The highest BCUT2D eigenvalue weighted by molar-refractivity contribution is 5.73. The van der Waals surface area contributed by atoms with Gasteiger partial charge in [-0.15, -0.1) is 0 Å². The fraction of sp³-hybridized carbons (Fsp3) is 0.400. The second-order valence-corrected chi connectivity index (χ2v) is 4.67. The van der Waals surface area contributed by atoms with E-state index in [0.717, 1.165) is 36.3 Å². The molecule has 2 rings (SSSR count). The molecule has 0 radical (unpaired) electrons. The molecule has 0 saturated heterocycles. The molecule has 1 unspecified atom stereocenters. The third-order valence-corrected chi connectivity index (χ3v) is 3.26. The Kier molecular flexibility index (Phi) is 4.44. The molecule has 1 heterocycles. The van der Waals surface area contributed by atoms with Crippen molar-refractivity contribution in [3.8, 4) is 11.5 Å². The Balaban J connectivity index is 2.24. The van der Waals surface area contributed by atoms with Crippen LogP contribution >= 0.6 is 0 Å². The predicted molar refractivity (Wildman–Crippen MR) is 72.9 cm³/mol. The van der Waals surface area contributed by atoms with Gasteiger partial charge in [0.25, 0.3) is 0 Å². The quantitative estimate of drug-likeness (QED) is 0.856. The third kappa shape index (κ3) is 3.28. The minimum atomic E-state index is -0.261. The second kappa shape index (κ2) is 6.27. The lowest BCUT2D eigenvalue weighted by atomic mass is 9.89. The van der Waals surface area contributed by atoms with Crippen LogP contribution in [0.25, 0.3) is 0 Å². The van der Waals surface area contributed by atoms with Crippen molar-refractivity contribution >= 4 is 5.91 Å². The lowest BCUT2D eigenvalue weighted by Crippen LogP contribution is -2.13. The van der Waals surface area contributed by atoms with E-state index in [1.165, 1.54) is 12.5 Å². The summed E-state index contributed by atoms with van der Waals surface area (Å²) in [5, 5.41) is 0. The second-order valence-electron chi connectivity index (χ2n) is 4.67. The third-order valence-electron chi connectivity index (χ3n) is 3.26. The molecule has 1 amide bonds. The molecular formula is C15H19NO3. The van der Waals surface area contributed by atoms with Gasteiger partial charge in [0.1, 0.15) is 12.5 Å². The molecule has 0 aliphatic carbocycles. The summed E-state index contributed by atoms with van der Waals surface area (Å²) in [7, 11) is 0. The van der Waals surface area contributed by atoms with E-state index in [4.69, 9.17) is 15.2 Å². The largest absolute Gasteiger partial charge is 0.458 e. The Hall–Kier alpha value is -1.97. The van der Waals surface area contributed by atoms with E-state index in [0.29, 0.717) is 6.42 Å². The zero-order chi connectivity index (χ0) is 13.7. The van der Waals surface area contributed by atoms with Crippen LogP contribution in [0.4, 0.5) is 0 Å². The highest BCUT2D eigenvalue weighted by Crippen LogP contribution is 2.40. The van der Waals surface area contributed by atoms with Crippen LogP contribution in [-0.4, -0.2) is 5.91 Å². The lowest BCUT2D eigenvalue weighted by molar-refractivity contribution is -0.118. The first kappa shape index (κ1) is 13.5. The van der Waals surface area contributed by atoms with E-state index in [1.807, 2.05) is 18.2 Å². The summed E-state index contributed by atoms with van der Waals surface area (Å²) < 4.78 is 11.0. The van der Waals surface area contributed by atoms with Crippen molar-refractivity contribution in [3.63, 3.8) is 0 Å². The van der Waals surface area contributed by atoms with E-state index in [1.54, 1.807) is 0 Å². The van der Waals surface area contributed by atoms with Gasteiger partial charge in [-0.05, 0) is 24.8 Å². The SMILES string of the molecule is CCCC(CCC(N)=O)c1cccc2c1OC=CO2. The zero-order valence-electron chi connectivity index (χ0n) is 11.1. The number of hydrogen-bond donors (Lipinski definition) is 1. The molecule has 0 saturated carbocycles. The van der Waals surface area contributed by atoms with Crippen LogP contribution in [0.15, 0.2) is 30.7 Å². The molecule has 102 valence electrons. The summed E-state index contributed by atoms with van der Waals surface area (Å²) >= 11 is 0. The Morgan fingerprint density at radius 3 is 2.79 bits per heavy atom. The number of carbonyl (C=O) groups is 1. The van der Waals surface area contributed by atoms with E-state index in [9.17, 15) is 4.79 Å². The number of para-hydroxylation sites is 1. The summed E-state index contributed by atoms with van der Waals surface area (Å²) in [6.07, 6.45) is 6.23. The smallest absolute Gasteiger partial charge is 0.217 e. The van der Waals surface area contributed by atoms with Crippen LogP contribution in [-0.2, 0) is 4.79 Å². The van der Waals surface area contributed by atoms with Gasteiger partial charge in [-0.25, -0.2) is 0 Å². The van der Waals surface area contributed by atoms with Crippen molar-refractivity contribution < 1.29 is 14.3 Å². The Bertz CT molecular complexity index is 482. The van der Waals surface area contributed by atoms with Crippen molar-refractivity contribution in [1.82, 2.24) is 0 Å². The number of amides is 1. The summed E-state index contributed by atoms with van der Waals surface area (Å²) in [4.78, 5) is 11.0. The number of nitrogens with two attached hydrogens (primary N) is 1. The molecule has 2 N–H and O–H groups in total. The minimum absolute atomic E-state index is 0.261. The van der Waals surface area contributed by atoms with Crippen molar-refractivity contribution in [3.05, 3.63) is 36.3 Å². The molecule has 0 fully saturated rings. The molecule has 1 atom stereocenters. The summed E-state index contributed by atoms with van der Waals surface area (Å²) in [6, 6.07) is 5.85. The molecule has 1 aliphatic heterocycles. The fourth-order valence-corrected chi connectivity index (χ4v) is 2.39. The van der Waals surface area contributed by atoms with Gasteiger partial charge in [0.15, 0.2) is 11.5 Å². The number of fused-ring (bicyclic) bond motifs is 1. The number of ether oxygens (including phenoxy) is 2. The van der Waals surface area contributed by atoms with Gasteiger partial charge >= 0.3 is 0 Å². The van der Waals surface area contributed by atoms with Gasteiger partial charge in [0, 0.05) is 12.0 Å². The fourth-order valence-electron chi connectivity index (χ4n) is 2.39. The molecular weight excluding hydrogens is 242 g/mol. The number of primary amides is 1. The van der Waals surface area contributed by atoms with Crippen LogP contribution in [0.5, 0.6) is 11.5 Å². The van der Waals surface area contributed by atoms with Gasteiger partial charge in [-0.1, -0.05) is 25.5 Å². The highest BCUT2D eigenvalue weighted by Gasteiger charge is 2.20. The Morgan fingerprint density at radius 2 is 2.05 bits per heavy atom. The standard InChI is InChI=1S/C15H19NO3/c1-2-4-11(7-8-14(16)17)12-5-3-6-13-15(12)19-10-9-18-13/h3,5-6,9-11H,2,4,7-8H2,1H3,(H2,16,17). The first-order valence-corrected chi connectivity index (χ1v) is 6.62. The number of rotatable bonds is 6. The topological polar surface area (TPSA) is 61.6 Å². The van der Waals surface area contributed by atoms with Gasteiger partial charge in [-0.2, -0.15) is 0 Å². The first-order valence-electron chi connectivity index (χ1n) is 6.62. The Morgan fingerprint density at radius 1 is 1.26 bits per heavy atom. The summed E-state index contributed by atoms with van der Waals surface area (Å²) in [5.41, 5.74) is 6.33. The highest BCUT2D eigenvalue weighted by atomic mass is 16.5. The summed E-state index contributed by atoms with van der Waals surface area (Å²) in [6.45, 7) is 2.13. The van der Waals surface area contributed by atoms with Crippen LogP contribution in [0.2, 0.25) is 0 Å². The van der Waals surface area contributed by atoms with Gasteiger partial charge in [0.05, 0.1) is 0 Å². The molecule has 1 aliphatic rings. The zero-order valence-corrected chi connectivity index (χ0v) is 11.1.